The Hall–Kier alpha value is -2.73. The average Bonchev–Trinajstić information content (AvgIpc) is 3.40. The molecule has 0 bridgehead atoms. The lowest BCUT2D eigenvalue weighted by Gasteiger charge is -2.28. The van der Waals surface area contributed by atoms with Crippen LogP contribution in [-0.4, -0.2) is 44.3 Å². The fourth-order valence-corrected chi connectivity index (χ4v) is 3.83. The maximum atomic E-state index is 12.5. The number of benzene rings is 2. The van der Waals surface area contributed by atoms with E-state index in [0.29, 0.717) is 13.0 Å². The highest BCUT2D eigenvalue weighted by atomic mass is 16.7. The third-order valence-electron chi connectivity index (χ3n) is 5.38. The molecule has 2 aromatic rings. The van der Waals surface area contributed by atoms with Crippen molar-refractivity contribution in [1.29, 1.82) is 0 Å². The number of methoxy groups -OCH3 is 1. The Morgan fingerprint density at radius 2 is 1.86 bits per heavy atom. The van der Waals surface area contributed by atoms with Gasteiger partial charge in [-0.1, -0.05) is 18.2 Å². The van der Waals surface area contributed by atoms with Gasteiger partial charge in [0.25, 0.3) is 0 Å². The second-order valence-electron chi connectivity index (χ2n) is 7.20. The van der Waals surface area contributed by atoms with Crippen LogP contribution in [-0.2, 0) is 11.2 Å². The molecule has 1 fully saturated rings. The van der Waals surface area contributed by atoms with Crippen LogP contribution in [0.2, 0.25) is 0 Å². The Labute approximate surface area is 165 Å². The number of amides is 1. The standard InChI is InChI=1S/C22H26N2O4/c1-26-18-7-4-16(5-8-18)12-22(25)23-14-19(24-10-2-3-11-24)17-6-9-20-21(13-17)28-15-27-20/h4-9,13,19H,2-3,10-12,14-15H2,1H3,(H,23,25). The zero-order valence-electron chi connectivity index (χ0n) is 16.1. The molecule has 0 aromatic heterocycles. The minimum Gasteiger partial charge on any atom is -0.497 e. The van der Waals surface area contributed by atoms with E-state index in [1.54, 1.807) is 7.11 Å². The number of nitrogens with one attached hydrogen (secondary N) is 1. The first-order chi connectivity index (χ1) is 13.7. The number of fused-ring (bicyclic) bond motifs is 1. The molecule has 28 heavy (non-hydrogen) atoms. The van der Waals surface area contributed by atoms with Gasteiger partial charge in [-0.2, -0.15) is 0 Å². The van der Waals surface area contributed by atoms with Gasteiger partial charge in [-0.15, -0.1) is 0 Å². The van der Waals surface area contributed by atoms with Crippen LogP contribution >= 0.6 is 0 Å². The van der Waals surface area contributed by atoms with E-state index >= 15 is 0 Å². The second-order valence-corrected chi connectivity index (χ2v) is 7.20. The summed E-state index contributed by atoms with van der Waals surface area (Å²) in [6.45, 7) is 2.95. The smallest absolute Gasteiger partial charge is 0.231 e. The molecule has 6 heteroatoms. The SMILES string of the molecule is COc1ccc(CC(=O)NCC(c2ccc3c(c2)OCO3)N2CCCC2)cc1. The van der Waals surface area contributed by atoms with Gasteiger partial charge < -0.3 is 19.5 Å². The largest absolute Gasteiger partial charge is 0.497 e. The van der Waals surface area contributed by atoms with Crippen molar-refractivity contribution in [2.45, 2.75) is 25.3 Å². The molecule has 2 heterocycles. The van der Waals surface area contributed by atoms with E-state index in [2.05, 4.69) is 16.3 Å². The number of hydrogen-bond acceptors (Lipinski definition) is 5. The van der Waals surface area contributed by atoms with E-state index in [-0.39, 0.29) is 18.7 Å². The van der Waals surface area contributed by atoms with Crippen molar-refractivity contribution < 1.29 is 19.0 Å². The number of ether oxygens (including phenoxy) is 3. The maximum Gasteiger partial charge on any atom is 0.231 e. The lowest BCUT2D eigenvalue weighted by Crippen LogP contribution is -2.37. The summed E-state index contributed by atoms with van der Waals surface area (Å²) in [4.78, 5) is 14.9. The van der Waals surface area contributed by atoms with Crippen LogP contribution < -0.4 is 19.5 Å². The second kappa shape index (κ2) is 8.52. The molecular formula is C22H26N2O4. The highest BCUT2D eigenvalue weighted by Crippen LogP contribution is 2.36. The zero-order chi connectivity index (χ0) is 19.3. The van der Waals surface area contributed by atoms with Crippen LogP contribution in [0.3, 0.4) is 0 Å². The van der Waals surface area contributed by atoms with E-state index < -0.39 is 0 Å². The van der Waals surface area contributed by atoms with Gasteiger partial charge in [-0.05, 0) is 61.3 Å². The van der Waals surface area contributed by atoms with Gasteiger partial charge in [0.2, 0.25) is 12.7 Å². The number of nitrogens with zero attached hydrogens (tertiary/aromatic N) is 1. The molecule has 0 spiro atoms. The Kier molecular flexibility index (Phi) is 5.67. The summed E-state index contributed by atoms with van der Waals surface area (Å²) in [7, 11) is 1.64. The summed E-state index contributed by atoms with van der Waals surface area (Å²) in [5.74, 6) is 2.38. The Balaban J connectivity index is 1.41. The van der Waals surface area contributed by atoms with Gasteiger partial charge in [0.05, 0.1) is 19.6 Å². The first-order valence-electron chi connectivity index (χ1n) is 9.76. The predicted molar refractivity (Wildman–Crippen MR) is 106 cm³/mol. The van der Waals surface area contributed by atoms with Crippen LogP contribution in [0.5, 0.6) is 17.2 Å². The highest BCUT2D eigenvalue weighted by Gasteiger charge is 2.26. The number of likely N-dealkylation sites (tertiary alicyclic amines) is 1. The molecule has 1 unspecified atom stereocenters. The van der Waals surface area contributed by atoms with Crippen LogP contribution in [0.15, 0.2) is 42.5 Å². The predicted octanol–water partition coefficient (Wildman–Crippen LogP) is 2.92. The maximum absolute atomic E-state index is 12.5. The van der Waals surface area contributed by atoms with Gasteiger partial charge in [0.1, 0.15) is 5.75 Å². The normalized spacial score (nSPS) is 16.8. The van der Waals surface area contributed by atoms with Gasteiger partial charge in [0, 0.05) is 6.54 Å². The van der Waals surface area contributed by atoms with Crippen molar-refractivity contribution in [2.75, 3.05) is 33.5 Å². The molecule has 148 valence electrons. The van der Waals surface area contributed by atoms with Crippen LogP contribution in [0.4, 0.5) is 0 Å². The molecule has 0 aliphatic carbocycles. The topological polar surface area (TPSA) is 60.0 Å². The summed E-state index contributed by atoms with van der Waals surface area (Å²) in [6.07, 6.45) is 2.75. The average molecular weight is 382 g/mol. The number of carbonyl (C=O) groups is 1. The molecule has 1 amide bonds. The van der Waals surface area contributed by atoms with Crippen molar-refractivity contribution in [1.82, 2.24) is 10.2 Å². The Bertz CT molecular complexity index is 816. The number of carbonyl (C=O) groups excluding carboxylic acids is 1. The van der Waals surface area contributed by atoms with E-state index in [0.717, 1.165) is 41.5 Å². The fourth-order valence-electron chi connectivity index (χ4n) is 3.83. The molecule has 1 saturated heterocycles. The van der Waals surface area contributed by atoms with Crippen molar-refractivity contribution in [3.8, 4) is 17.2 Å². The zero-order valence-corrected chi connectivity index (χ0v) is 16.1. The third-order valence-corrected chi connectivity index (χ3v) is 5.38. The van der Waals surface area contributed by atoms with Gasteiger partial charge in [-0.3, -0.25) is 9.69 Å². The molecule has 2 aromatic carbocycles. The molecule has 2 aliphatic rings. The minimum absolute atomic E-state index is 0.0232. The molecule has 0 saturated carbocycles. The number of hydrogen-bond donors (Lipinski definition) is 1. The third kappa shape index (κ3) is 4.22. The Morgan fingerprint density at radius 1 is 1.11 bits per heavy atom. The van der Waals surface area contributed by atoms with Crippen molar-refractivity contribution in [2.24, 2.45) is 0 Å². The first-order valence-corrected chi connectivity index (χ1v) is 9.76. The molecule has 2 aliphatic heterocycles. The summed E-state index contributed by atoms with van der Waals surface area (Å²) < 4.78 is 16.1. The van der Waals surface area contributed by atoms with E-state index in [1.807, 2.05) is 36.4 Å². The quantitative estimate of drug-likeness (QED) is 0.798. The molecule has 0 radical (unpaired) electrons. The van der Waals surface area contributed by atoms with E-state index in [9.17, 15) is 4.79 Å². The van der Waals surface area contributed by atoms with Crippen LogP contribution in [0.1, 0.15) is 30.0 Å². The summed E-state index contributed by atoms with van der Waals surface area (Å²) >= 11 is 0. The van der Waals surface area contributed by atoms with Crippen molar-refractivity contribution >= 4 is 5.91 Å². The molecule has 6 nitrogen and oxygen atoms in total. The first kappa shape index (κ1) is 18.6. The summed E-state index contributed by atoms with van der Waals surface area (Å²) in [6, 6.07) is 13.8. The van der Waals surface area contributed by atoms with Crippen LogP contribution in [0.25, 0.3) is 0 Å². The highest BCUT2D eigenvalue weighted by molar-refractivity contribution is 5.78. The lowest BCUT2D eigenvalue weighted by atomic mass is 10.0. The molecule has 1 N–H and O–H groups in total. The fraction of sp³-hybridized carbons (Fsp3) is 0.409. The summed E-state index contributed by atoms with van der Waals surface area (Å²) in [5, 5.41) is 3.12. The number of rotatable bonds is 7. The van der Waals surface area contributed by atoms with Crippen molar-refractivity contribution in [3.63, 3.8) is 0 Å². The Morgan fingerprint density at radius 3 is 2.61 bits per heavy atom. The van der Waals surface area contributed by atoms with Gasteiger partial charge in [-0.25, -0.2) is 0 Å². The molecular weight excluding hydrogens is 356 g/mol. The minimum atomic E-state index is 0.0232. The monoisotopic (exact) mass is 382 g/mol. The van der Waals surface area contributed by atoms with Crippen LogP contribution in [0, 0.1) is 0 Å². The van der Waals surface area contributed by atoms with E-state index in [1.165, 1.54) is 12.8 Å². The van der Waals surface area contributed by atoms with E-state index in [4.69, 9.17) is 14.2 Å². The van der Waals surface area contributed by atoms with Crippen molar-refractivity contribution in [3.05, 3.63) is 53.6 Å². The molecule has 1 atom stereocenters. The summed E-state index contributed by atoms with van der Waals surface area (Å²) in [5.41, 5.74) is 2.12. The lowest BCUT2D eigenvalue weighted by molar-refractivity contribution is -0.120. The molecule has 4 rings (SSSR count). The van der Waals surface area contributed by atoms with Gasteiger partial charge in [0.15, 0.2) is 11.5 Å². The van der Waals surface area contributed by atoms with Gasteiger partial charge >= 0.3 is 0 Å².